The zero-order valence-corrected chi connectivity index (χ0v) is 12.6. The van der Waals surface area contributed by atoms with Crippen molar-refractivity contribution >= 4 is 11.6 Å². The van der Waals surface area contributed by atoms with Crippen molar-refractivity contribution in [3.8, 4) is 0 Å². The lowest BCUT2D eigenvalue weighted by atomic mass is 10.0. The number of ether oxygens (including phenoxy) is 1. The van der Waals surface area contributed by atoms with Gasteiger partial charge in [-0.2, -0.15) is 0 Å². The number of nitrogens with one attached hydrogen (secondary N) is 2. The Morgan fingerprint density at radius 2 is 2.29 bits per heavy atom. The second-order valence-corrected chi connectivity index (χ2v) is 5.47. The fraction of sp³-hybridized carbons (Fsp3) is 0.562. The van der Waals surface area contributed by atoms with Crippen LogP contribution in [0.2, 0.25) is 0 Å². The molecule has 2 unspecified atom stereocenters. The second kappa shape index (κ2) is 7.41. The van der Waals surface area contributed by atoms with E-state index in [-0.39, 0.29) is 23.7 Å². The van der Waals surface area contributed by atoms with Gasteiger partial charge in [0.15, 0.2) is 0 Å². The van der Waals surface area contributed by atoms with Crippen molar-refractivity contribution in [2.45, 2.75) is 45.3 Å². The third-order valence-electron chi connectivity index (χ3n) is 3.63. The molecule has 1 amide bonds. The van der Waals surface area contributed by atoms with Crippen LogP contribution in [-0.2, 0) is 4.74 Å². The third-order valence-corrected chi connectivity index (χ3v) is 3.63. The zero-order chi connectivity index (χ0) is 15.2. The van der Waals surface area contributed by atoms with Crippen LogP contribution in [0.3, 0.4) is 0 Å². The molecule has 0 aliphatic carbocycles. The van der Waals surface area contributed by atoms with E-state index in [1.165, 1.54) is 6.07 Å². The smallest absolute Gasteiger partial charge is 0.253 e. The highest BCUT2D eigenvalue weighted by atomic mass is 19.1. The van der Waals surface area contributed by atoms with Gasteiger partial charge in [-0.3, -0.25) is 4.79 Å². The summed E-state index contributed by atoms with van der Waals surface area (Å²) in [5.41, 5.74) is 0.652. The lowest BCUT2D eigenvalue weighted by Gasteiger charge is -2.28. The molecule has 116 valence electrons. The molecule has 2 N–H and O–H groups in total. The van der Waals surface area contributed by atoms with E-state index >= 15 is 0 Å². The molecule has 1 aliphatic rings. The molecule has 5 heteroatoms. The first-order valence-electron chi connectivity index (χ1n) is 7.56. The monoisotopic (exact) mass is 294 g/mol. The minimum atomic E-state index is -0.392. The van der Waals surface area contributed by atoms with Gasteiger partial charge in [0, 0.05) is 19.2 Å². The van der Waals surface area contributed by atoms with Crippen LogP contribution in [0.5, 0.6) is 0 Å². The average molecular weight is 294 g/mol. The molecule has 1 saturated heterocycles. The minimum absolute atomic E-state index is 0.0866. The summed E-state index contributed by atoms with van der Waals surface area (Å²) in [7, 11) is 0. The Hall–Kier alpha value is -1.62. The number of halogens is 1. The molecule has 2 rings (SSSR count). The van der Waals surface area contributed by atoms with E-state index in [1.54, 1.807) is 12.1 Å². The predicted octanol–water partition coefficient (Wildman–Crippen LogP) is 2.94. The molecule has 0 saturated carbocycles. The number of para-hydroxylation sites is 1. The van der Waals surface area contributed by atoms with Crippen LogP contribution in [0, 0.1) is 5.82 Å². The number of hydrogen-bond donors (Lipinski definition) is 2. The summed E-state index contributed by atoms with van der Waals surface area (Å²) in [6, 6.07) is 4.67. The highest BCUT2D eigenvalue weighted by Gasteiger charge is 2.23. The number of rotatable bonds is 5. The van der Waals surface area contributed by atoms with Gasteiger partial charge >= 0.3 is 0 Å². The first-order chi connectivity index (χ1) is 10.1. The van der Waals surface area contributed by atoms with E-state index < -0.39 is 5.82 Å². The van der Waals surface area contributed by atoms with E-state index in [4.69, 9.17) is 4.74 Å². The SMILES string of the molecule is CCCNc1c(F)cccc1C(=O)NC1CCOC(C)C1. The molecule has 1 fully saturated rings. The molecule has 1 aromatic rings. The quantitative estimate of drug-likeness (QED) is 0.878. The zero-order valence-electron chi connectivity index (χ0n) is 12.6. The van der Waals surface area contributed by atoms with Crippen molar-refractivity contribution in [2.75, 3.05) is 18.5 Å². The Kier molecular flexibility index (Phi) is 5.56. The summed E-state index contributed by atoms with van der Waals surface area (Å²) in [4.78, 5) is 12.4. The summed E-state index contributed by atoms with van der Waals surface area (Å²) in [5, 5.41) is 5.98. The van der Waals surface area contributed by atoms with Crippen molar-refractivity contribution in [3.05, 3.63) is 29.6 Å². The molecular formula is C16H23FN2O2. The van der Waals surface area contributed by atoms with Gasteiger partial charge in [-0.15, -0.1) is 0 Å². The van der Waals surface area contributed by atoms with Gasteiger partial charge in [-0.25, -0.2) is 4.39 Å². The Morgan fingerprint density at radius 3 is 3.00 bits per heavy atom. The maximum Gasteiger partial charge on any atom is 0.253 e. The summed E-state index contributed by atoms with van der Waals surface area (Å²) < 4.78 is 19.4. The van der Waals surface area contributed by atoms with Crippen LogP contribution in [-0.4, -0.2) is 31.2 Å². The molecule has 0 aromatic heterocycles. The summed E-state index contributed by atoms with van der Waals surface area (Å²) >= 11 is 0. The van der Waals surface area contributed by atoms with Crippen molar-refractivity contribution in [3.63, 3.8) is 0 Å². The molecule has 2 atom stereocenters. The Morgan fingerprint density at radius 1 is 1.48 bits per heavy atom. The predicted molar refractivity (Wildman–Crippen MR) is 81.1 cm³/mol. The Balaban J connectivity index is 2.09. The lowest BCUT2D eigenvalue weighted by Crippen LogP contribution is -2.41. The van der Waals surface area contributed by atoms with Gasteiger partial charge in [0.1, 0.15) is 5.82 Å². The van der Waals surface area contributed by atoms with Gasteiger partial charge in [0.05, 0.1) is 17.4 Å². The summed E-state index contributed by atoms with van der Waals surface area (Å²) in [6.45, 7) is 5.28. The molecule has 0 spiro atoms. The molecule has 4 nitrogen and oxygen atoms in total. The van der Waals surface area contributed by atoms with Crippen molar-refractivity contribution < 1.29 is 13.9 Å². The van der Waals surface area contributed by atoms with E-state index in [1.807, 2.05) is 13.8 Å². The fourth-order valence-corrected chi connectivity index (χ4v) is 2.54. The van der Waals surface area contributed by atoms with Gasteiger partial charge < -0.3 is 15.4 Å². The molecule has 21 heavy (non-hydrogen) atoms. The van der Waals surface area contributed by atoms with Crippen molar-refractivity contribution in [1.29, 1.82) is 0 Å². The maximum absolute atomic E-state index is 13.9. The molecular weight excluding hydrogens is 271 g/mol. The van der Waals surface area contributed by atoms with Crippen LogP contribution in [0.15, 0.2) is 18.2 Å². The number of carbonyl (C=O) groups excluding carboxylic acids is 1. The van der Waals surface area contributed by atoms with E-state index in [9.17, 15) is 9.18 Å². The lowest BCUT2D eigenvalue weighted by molar-refractivity contribution is 0.0136. The van der Waals surface area contributed by atoms with Crippen molar-refractivity contribution in [1.82, 2.24) is 5.32 Å². The van der Waals surface area contributed by atoms with E-state index in [0.717, 1.165) is 19.3 Å². The Labute approximate surface area is 125 Å². The highest BCUT2D eigenvalue weighted by Crippen LogP contribution is 2.21. The standard InChI is InChI=1S/C16H23FN2O2/c1-3-8-18-15-13(5-4-6-14(15)17)16(20)19-12-7-9-21-11(2)10-12/h4-6,11-12,18H,3,7-10H2,1-2H3,(H,19,20). The van der Waals surface area contributed by atoms with Gasteiger partial charge in [0.25, 0.3) is 5.91 Å². The second-order valence-electron chi connectivity index (χ2n) is 5.47. The first kappa shape index (κ1) is 15.8. The van der Waals surface area contributed by atoms with Gasteiger partial charge in [-0.1, -0.05) is 13.0 Å². The fourth-order valence-electron chi connectivity index (χ4n) is 2.54. The van der Waals surface area contributed by atoms with Crippen LogP contribution < -0.4 is 10.6 Å². The van der Waals surface area contributed by atoms with E-state index in [0.29, 0.717) is 18.7 Å². The number of anilines is 1. The number of carbonyl (C=O) groups is 1. The largest absolute Gasteiger partial charge is 0.382 e. The van der Waals surface area contributed by atoms with Crippen LogP contribution in [0.1, 0.15) is 43.5 Å². The summed E-state index contributed by atoms with van der Waals surface area (Å²) in [5.74, 6) is -0.622. The van der Waals surface area contributed by atoms with Crippen LogP contribution >= 0.6 is 0 Å². The third kappa shape index (κ3) is 4.17. The Bertz CT molecular complexity index is 493. The number of amides is 1. The number of hydrogen-bond acceptors (Lipinski definition) is 3. The topological polar surface area (TPSA) is 50.4 Å². The van der Waals surface area contributed by atoms with Crippen LogP contribution in [0.25, 0.3) is 0 Å². The molecule has 1 aliphatic heterocycles. The van der Waals surface area contributed by atoms with Gasteiger partial charge in [-0.05, 0) is 38.3 Å². The highest BCUT2D eigenvalue weighted by molar-refractivity contribution is 5.99. The number of benzene rings is 1. The molecule has 1 aromatic carbocycles. The molecule has 1 heterocycles. The molecule has 0 radical (unpaired) electrons. The average Bonchev–Trinajstić information content (AvgIpc) is 2.45. The first-order valence-corrected chi connectivity index (χ1v) is 7.56. The maximum atomic E-state index is 13.9. The van der Waals surface area contributed by atoms with E-state index in [2.05, 4.69) is 10.6 Å². The minimum Gasteiger partial charge on any atom is -0.382 e. The van der Waals surface area contributed by atoms with Crippen LogP contribution in [0.4, 0.5) is 10.1 Å². The summed E-state index contributed by atoms with van der Waals surface area (Å²) in [6.07, 6.45) is 2.60. The van der Waals surface area contributed by atoms with Crippen molar-refractivity contribution in [2.24, 2.45) is 0 Å². The molecule has 0 bridgehead atoms. The van der Waals surface area contributed by atoms with Gasteiger partial charge in [0.2, 0.25) is 0 Å². The normalized spacial score (nSPS) is 21.9.